The molecule has 0 saturated heterocycles. The second-order valence-corrected chi connectivity index (χ2v) is 3.06. The van der Waals surface area contributed by atoms with Crippen molar-refractivity contribution in [3.8, 4) is 5.75 Å². The number of benzene rings is 1. The van der Waals surface area contributed by atoms with Crippen molar-refractivity contribution in [2.45, 2.75) is 13.2 Å². The van der Waals surface area contributed by atoms with Crippen LogP contribution in [0, 0.1) is 0 Å². The van der Waals surface area contributed by atoms with Crippen LogP contribution in [0.5, 0.6) is 5.75 Å². The smallest absolute Gasteiger partial charge is 0.123 e. The van der Waals surface area contributed by atoms with Gasteiger partial charge in [0.25, 0.3) is 0 Å². The van der Waals surface area contributed by atoms with E-state index in [1.54, 1.807) is 21.3 Å². The molecular weight excluding hydrogens is 194 g/mol. The molecule has 1 aromatic rings. The summed E-state index contributed by atoms with van der Waals surface area (Å²) in [4.78, 5) is 4.83. The minimum atomic E-state index is 0.567. The molecule has 4 nitrogen and oxygen atoms in total. The number of methoxy groups -OCH3 is 2. The van der Waals surface area contributed by atoms with Crippen LogP contribution in [-0.4, -0.2) is 21.3 Å². The zero-order valence-corrected chi connectivity index (χ0v) is 9.37. The Morgan fingerprint density at radius 3 is 2.60 bits per heavy atom. The summed E-state index contributed by atoms with van der Waals surface area (Å²) in [5, 5.41) is 0. The van der Waals surface area contributed by atoms with Crippen molar-refractivity contribution in [3.63, 3.8) is 0 Å². The average Bonchev–Trinajstić information content (AvgIpc) is 2.27. The van der Waals surface area contributed by atoms with Crippen molar-refractivity contribution >= 4 is 0 Å². The first kappa shape index (κ1) is 12.0. The van der Waals surface area contributed by atoms with Gasteiger partial charge in [0.15, 0.2) is 0 Å². The van der Waals surface area contributed by atoms with Crippen LogP contribution in [0.3, 0.4) is 0 Å². The van der Waals surface area contributed by atoms with E-state index >= 15 is 0 Å². The van der Waals surface area contributed by atoms with E-state index < -0.39 is 0 Å². The normalized spacial score (nSPS) is 10.3. The third kappa shape index (κ3) is 3.20. The first-order valence-electron chi connectivity index (χ1n) is 4.73. The quantitative estimate of drug-likeness (QED) is 0.724. The fourth-order valence-electron chi connectivity index (χ4n) is 1.44. The van der Waals surface area contributed by atoms with Gasteiger partial charge in [0.2, 0.25) is 0 Å². The van der Waals surface area contributed by atoms with Gasteiger partial charge in [-0.3, -0.25) is 0 Å². The van der Waals surface area contributed by atoms with E-state index in [0.29, 0.717) is 13.2 Å². The summed E-state index contributed by atoms with van der Waals surface area (Å²) in [5.74, 6) is 0.842. The maximum Gasteiger partial charge on any atom is 0.123 e. The van der Waals surface area contributed by atoms with Crippen LogP contribution in [0.4, 0.5) is 0 Å². The minimum Gasteiger partial charge on any atom is -0.496 e. The van der Waals surface area contributed by atoms with Gasteiger partial charge in [0.05, 0.1) is 27.4 Å². The summed E-state index contributed by atoms with van der Waals surface area (Å²) < 4.78 is 10.4. The van der Waals surface area contributed by atoms with Crippen LogP contribution in [0.1, 0.15) is 11.1 Å². The van der Waals surface area contributed by atoms with Gasteiger partial charge in [-0.25, -0.2) is 0 Å². The molecule has 84 valence electrons. The van der Waals surface area contributed by atoms with Crippen LogP contribution < -0.4 is 10.2 Å². The van der Waals surface area contributed by atoms with Gasteiger partial charge < -0.3 is 14.3 Å². The number of hydroxylamine groups is 1. The highest BCUT2D eigenvalue weighted by Crippen LogP contribution is 2.22. The molecule has 0 bridgehead atoms. The van der Waals surface area contributed by atoms with Crippen molar-refractivity contribution < 1.29 is 14.3 Å². The molecule has 0 unspecified atom stereocenters. The highest BCUT2D eigenvalue weighted by Gasteiger charge is 2.08. The maximum atomic E-state index is 5.28. The van der Waals surface area contributed by atoms with Crippen LogP contribution in [0.25, 0.3) is 0 Å². The van der Waals surface area contributed by atoms with Crippen LogP contribution >= 0.6 is 0 Å². The topological polar surface area (TPSA) is 39.7 Å². The molecule has 0 aliphatic rings. The Bertz CT molecular complexity index is 302. The van der Waals surface area contributed by atoms with E-state index in [2.05, 4.69) is 5.48 Å². The number of ether oxygens (including phenoxy) is 2. The van der Waals surface area contributed by atoms with E-state index in [9.17, 15) is 0 Å². The number of rotatable bonds is 6. The Balaban J connectivity index is 2.92. The van der Waals surface area contributed by atoms with Crippen molar-refractivity contribution in [1.82, 2.24) is 5.48 Å². The molecule has 0 spiro atoms. The second-order valence-electron chi connectivity index (χ2n) is 3.06. The number of hydrogen-bond acceptors (Lipinski definition) is 4. The van der Waals surface area contributed by atoms with Gasteiger partial charge in [0.1, 0.15) is 5.75 Å². The van der Waals surface area contributed by atoms with E-state index in [-0.39, 0.29) is 0 Å². The third-order valence-corrected chi connectivity index (χ3v) is 2.14. The fourth-order valence-corrected chi connectivity index (χ4v) is 1.44. The van der Waals surface area contributed by atoms with E-state index in [4.69, 9.17) is 14.3 Å². The summed E-state index contributed by atoms with van der Waals surface area (Å²) in [6, 6.07) is 5.88. The molecule has 1 rings (SSSR count). The van der Waals surface area contributed by atoms with Crippen LogP contribution in [0.15, 0.2) is 18.2 Å². The zero-order chi connectivity index (χ0) is 11.1. The molecule has 4 heteroatoms. The standard InChI is InChI=1S/C11H17NO3/c1-13-8-9-5-4-6-11(14-2)10(9)7-12-15-3/h4-6,12H,7-8H2,1-3H3. The molecule has 0 radical (unpaired) electrons. The Morgan fingerprint density at radius 2 is 2.00 bits per heavy atom. The summed E-state index contributed by atoms with van der Waals surface area (Å²) in [6.45, 7) is 1.16. The van der Waals surface area contributed by atoms with E-state index in [0.717, 1.165) is 16.9 Å². The molecular formula is C11H17NO3. The predicted octanol–water partition coefficient (Wildman–Crippen LogP) is 1.49. The van der Waals surface area contributed by atoms with Crippen LogP contribution in [-0.2, 0) is 22.7 Å². The van der Waals surface area contributed by atoms with Crippen LogP contribution in [0.2, 0.25) is 0 Å². The summed E-state index contributed by atoms with van der Waals surface area (Å²) in [6.07, 6.45) is 0. The molecule has 0 saturated carbocycles. The maximum absolute atomic E-state index is 5.28. The first-order chi connectivity index (χ1) is 7.33. The molecule has 0 fully saturated rings. The lowest BCUT2D eigenvalue weighted by Crippen LogP contribution is -2.13. The van der Waals surface area contributed by atoms with E-state index in [1.165, 1.54) is 0 Å². The highest BCUT2D eigenvalue weighted by molar-refractivity contribution is 5.39. The molecule has 1 aromatic carbocycles. The summed E-state index contributed by atoms with van der Waals surface area (Å²) >= 11 is 0. The molecule has 0 amide bonds. The third-order valence-electron chi connectivity index (χ3n) is 2.14. The predicted molar refractivity (Wildman–Crippen MR) is 57.6 cm³/mol. The number of nitrogens with one attached hydrogen (secondary N) is 1. The van der Waals surface area contributed by atoms with Crippen molar-refractivity contribution in [1.29, 1.82) is 0 Å². The van der Waals surface area contributed by atoms with Gasteiger partial charge >= 0.3 is 0 Å². The Morgan fingerprint density at radius 1 is 1.20 bits per heavy atom. The van der Waals surface area contributed by atoms with Gasteiger partial charge in [0, 0.05) is 12.7 Å². The average molecular weight is 211 g/mol. The monoisotopic (exact) mass is 211 g/mol. The Kier molecular flexibility index (Phi) is 5.10. The molecule has 0 aliphatic carbocycles. The lowest BCUT2D eigenvalue weighted by molar-refractivity contribution is 0.0853. The molecule has 0 aliphatic heterocycles. The second kappa shape index (κ2) is 6.40. The fraction of sp³-hybridized carbons (Fsp3) is 0.455. The lowest BCUT2D eigenvalue weighted by atomic mass is 10.1. The lowest BCUT2D eigenvalue weighted by Gasteiger charge is -2.13. The van der Waals surface area contributed by atoms with Gasteiger partial charge in [-0.1, -0.05) is 12.1 Å². The number of hydrogen-bond donors (Lipinski definition) is 1. The molecule has 0 heterocycles. The van der Waals surface area contributed by atoms with Gasteiger partial charge in [-0.05, 0) is 11.6 Å². The Labute approximate surface area is 90.1 Å². The summed E-state index contributed by atoms with van der Waals surface area (Å²) in [5.41, 5.74) is 4.96. The molecule has 1 N–H and O–H groups in total. The highest BCUT2D eigenvalue weighted by atomic mass is 16.6. The van der Waals surface area contributed by atoms with Gasteiger partial charge in [-0.15, -0.1) is 0 Å². The minimum absolute atomic E-state index is 0.567. The molecule has 0 aromatic heterocycles. The largest absolute Gasteiger partial charge is 0.496 e. The van der Waals surface area contributed by atoms with Crippen molar-refractivity contribution in [3.05, 3.63) is 29.3 Å². The molecule has 0 atom stereocenters. The van der Waals surface area contributed by atoms with Crippen molar-refractivity contribution in [2.24, 2.45) is 0 Å². The Hall–Kier alpha value is -1.10. The summed E-state index contributed by atoms with van der Waals surface area (Å²) in [7, 11) is 4.92. The zero-order valence-electron chi connectivity index (χ0n) is 9.37. The van der Waals surface area contributed by atoms with E-state index in [1.807, 2.05) is 18.2 Å². The molecule has 15 heavy (non-hydrogen) atoms. The van der Waals surface area contributed by atoms with Gasteiger partial charge in [-0.2, -0.15) is 5.48 Å². The van der Waals surface area contributed by atoms with Crippen molar-refractivity contribution in [2.75, 3.05) is 21.3 Å². The first-order valence-corrected chi connectivity index (χ1v) is 4.73. The SMILES string of the molecule is COCc1cccc(OC)c1CNOC.